The number of ether oxygens (including phenoxy) is 1. The van der Waals surface area contributed by atoms with Gasteiger partial charge < -0.3 is 20.1 Å². The third-order valence-electron chi connectivity index (χ3n) is 5.63. The first-order valence-corrected chi connectivity index (χ1v) is 10.8. The molecule has 1 aliphatic heterocycles. The monoisotopic (exact) mass is 416 g/mol. The van der Waals surface area contributed by atoms with Crippen LogP contribution in [0.5, 0.6) is 17.2 Å². The molecule has 4 rings (SSSR count). The van der Waals surface area contributed by atoms with Crippen LogP contribution in [0.4, 0.5) is 0 Å². The SMILES string of the molecule is O=C(CCc1ccccc1Oc1ccccc1)N1CCNCC1Cc1ccc(O)cc1. The van der Waals surface area contributed by atoms with E-state index in [1.54, 1.807) is 12.1 Å². The summed E-state index contributed by atoms with van der Waals surface area (Å²) in [5, 5.41) is 12.9. The Balaban J connectivity index is 1.40. The highest BCUT2D eigenvalue weighted by molar-refractivity contribution is 5.77. The minimum Gasteiger partial charge on any atom is -0.508 e. The molecular formula is C26H28N2O3. The zero-order valence-electron chi connectivity index (χ0n) is 17.5. The van der Waals surface area contributed by atoms with Crippen LogP contribution in [0.2, 0.25) is 0 Å². The normalized spacial score (nSPS) is 16.1. The van der Waals surface area contributed by atoms with Crippen molar-refractivity contribution in [3.63, 3.8) is 0 Å². The number of hydrogen-bond acceptors (Lipinski definition) is 4. The zero-order chi connectivity index (χ0) is 21.5. The maximum absolute atomic E-state index is 13.1. The lowest BCUT2D eigenvalue weighted by molar-refractivity contribution is -0.134. The highest BCUT2D eigenvalue weighted by Crippen LogP contribution is 2.26. The summed E-state index contributed by atoms with van der Waals surface area (Å²) in [4.78, 5) is 15.1. The average molecular weight is 417 g/mol. The molecule has 0 radical (unpaired) electrons. The van der Waals surface area contributed by atoms with Crippen molar-refractivity contribution in [1.29, 1.82) is 0 Å². The van der Waals surface area contributed by atoms with E-state index < -0.39 is 0 Å². The number of aromatic hydroxyl groups is 1. The lowest BCUT2D eigenvalue weighted by Gasteiger charge is -2.36. The number of hydrogen-bond donors (Lipinski definition) is 2. The fraction of sp³-hybridized carbons (Fsp3) is 0.269. The van der Waals surface area contributed by atoms with Crippen LogP contribution in [0.3, 0.4) is 0 Å². The molecule has 1 aliphatic rings. The maximum Gasteiger partial charge on any atom is 0.223 e. The number of nitrogens with one attached hydrogen (secondary N) is 1. The molecule has 1 amide bonds. The van der Waals surface area contributed by atoms with E-state index in [1.807, 2.05) is 71.6 Å². The number of phenolic OH excluding ortho intramolecular Hbond substituents is 1. The summed E-state index contributed by atoms with van der Waals surface area (Å²) >= 11 is 0. The Bertz CT molecular complexity index is 989. The van der Waals surface area contributed by atoms with Gasteiger partial charge in [-0.3, -0.25) is 4.79 Å². The van der Waals surface area contributed by atoms with Gasteiger partial charge in [0.1, 0.15) is 17.2 Å². The van der Waals surface area contributed by atoms with E-state index in [-0.39, 0.29) is 17.7 Å². The number of benzene rings is 3. The Morgan fingerprint density at radius 2 is 1.74 bits per heavy atom. The third kappa shape index (κ3) is 5.64. The number of nitrogens with zero attached hydrogens (tertiary/aromatic N) is 1. The predicted molar refractivity (Wildman–Crippen MR) is 121 cm³/mol. The van der Waals surface area contributed by atoms with E-state index >= 15 is 0 Å². The number of piperazine rings is 1. The second-order valence-electron chi connectivity index (χ2n) is 7.84. The van der Waals surface area contributed by atoms with Gasteiger partial charge in [-0.05, 0) is 54.3 Å². The van der Waals surface area contributed by atoms with Gasteiger partial charge >= 0.3 is 0 Å². The van der Waals surface area contributed by atoms with Crippen LogP contribution in [0.1, 0.15) is 17.5 Å². The molecule has 1 unspecified atom stereocenters. The molecule has 2 N–H and O–H groups in total. The van der Waals surface area contributed by atoms with Gasteiger partial charge in [0.2, 0.25) is 5.91 Å². The molecule has 3 aromatic rings. The van der Waals surface area contributed by atoms with Gasteiger partial charge in [0.15, 0.2) is 0 Å². The van der Waals surface area contributed by atoms with Gasteiger partial charge in [0.25, 0.3) is 0 Å². The van der Waals surface area contributed by atoms with Gasteiger partial charge in [-0.2, -0.15) is 0 Å². The van der Waals surface area contributed by atoms with E-state index in [1.165, 1.54) is 0 Å². The van der Waals surface area contributed by atoms with Crippen molar-refractivity contribution >= 4 is 5.91 Å². The fourth-order valence-corrected chi connectivity index (χ4v) is 3.99. The van der Waals surface area contributed by atoms with Crippen molar-refractivity contribution in [2.24, 2.45) is 0 Å². The van der Waals surface area contributed by atoms with Crippen molar-refractivity contribution in [3.8, 4) is 17.2 Å². The molecule has 0 spiro atoms. The van der Waals surface area contributed by atoms with Gasteiger partial charge in [0, 0.05) is 32.1 Å². The minimum atomic E-state index is 0.113. The fourth-order valence-electron chi connectivity index (χ4n) is 3.99. The summed E-state index contributed by atoms with van der Waals surface area (Å²) in [6, 6.07) is 25.0. The van der Waals surface area contributed by atoms with Crippen molar-refractivity contribution in [2.45, 2.75) is 25.3 Å². The quantitative estimate of drug-likeness (QED) is 0.607. The Morgan fingerprint density at radius 1 is 1.00 bits per heavy atom. The first-order chi connectivity index (χ1) is 15.2. The predicted octanol–water partition coefficient (Wildman–Crippen LogP) is 4.16. The molecule has 3 aromatic carbocycles. The molecule has 5 nitrogen and oxygen atoms in total. The molecular weight excluding hydrogens is 388 g/mol. The Morgan fingerprint density at radius 3 is 2.55 bits per heavy atom. The van der Waals surface area contributed by atoms with Crippen molar-refractivity contribution in [2.75, 3.05) is 19.6 Å². The number of carbonyl (C=O) groups is 1. The number of phenols is 1. The van der Waals surface area contributed by atoms with E-state index in [2.05, 4.69) is 5.32 Å². The Labute approximate surface area is 183 Å². The van der Waals surface area contributed by atoms with Crippen molar-refractivity contribution in [3.05, 3.63) is 90.0 Å². The smallest absolute Gasteiger partial charge is 0.223 e. The van der Waals surface area contributed by atoms with E-state index in [4.69, 9.17) is 4.74 Å². The number of amides is 1. The van der Waals surface area contributed by atoms with Crippen molar-refractivity contribution < 1.29 is 14.6 Å². The maximum atomic E-state index is 13.1. The van der Waals surface area contributed by atoms with Gasteiger partial charge in [0.05, 0.1) is 0 Å². The molecule has 0 aromatic heterocycles. The van der Waals surface area contributed by atoms with Gasteiger partial charge in [-0.15, -0.1) is 0 Å². The molecule has 1 fully saturated rings. The molecule has 0 aliphatic carbocycles. The Kier molecular flexibility index (Phi) is 6.85. The molecule has 5 heteroatoms. The molecule has 0 saturated carbocycles. The van der Waals surface area contributed by atoms with Crippen LogP contribution in [0, 0.1) is 0 Å². The summed E-state index contributed by atoms with van der Waals surface area (Å²) in [5.74, 6) is 2.01. The highest BCUT2D eigenvalue weighted by Gasteiger charge is 2.26. The summed E-state index contributed by atoms with van der Waals surface area (Å²) < 4.78 is 6.04. The first kappa shape index (κ1) is 20.9. The van der Waals surface area contributed by atoms with Crippen LogP contribution in [0.25, 0.3) is 0 Å². The van der Waals surface area contributed by atoms with E-state index in [0.717, 1.165) is 42.1 Å². The number of aryl methyl sites for hydroxylation is 1. The number of para-hydroxylation sites is 2. The van der Waals surface area contributed by atoms with Crippen LogP contribution < -0.4 is 10.1 Å². The molecule has 1 heterocycles. The topological polar surface area (TPSA) is 61.8 Å². The third-order valence-corrected chi connectivity index (χ3v) is 5.63. The lowest BCUT2D eigenvalue weighted by atomic mass is 10.0. The second kappa shape index (κ2) is 10.1. The molecule has 1 atom stereocenters. The van der Waals surface area contributed by atoms with Crippen LogP contribution >= 0.6 is 0 Å². The van der Waals surface area contributed by atoms with Gasteiger partial charge in [-0.1, -0.05) is 48.5 Å². The Hall–Kier alpha value is -3.31. The molecule has 0 bridgehead atoms. The van der Waals surface area contributed by atoms with Gasteiger partial charge in [-0.25, -0.2) is 0 Å². The summed E-state index contributed by atoms with van der Waals surface area (Å²) in [5.41, 5.74) is 2.15. The second-order valence-corrected chi connectivity index (χ2v) is 7.84. The minimum absolute atomic E-state index is 0.113. The van der Waals surface area contributed by atoms with Crippen molar-refractivity contribution in [1.82, 2.24) is 10.2 Å². The van der Waals surface area contributed by atoms with Crippen LogP contribution in [-0.4, -0.2) is 41.6 Å². The van der Waals surface area contributed by atoms with Crippen LogP contribution in [-0.2, 0) is 17.6 Å². The highest BCUT2D eigenvalue weighted by atomic mass is 16.5. The summed E-state index contributed by atoms with van der Waals surface area (Å²) in [7, 11) is 0. The number of rotatable bonds is 7. The molecule has 31 heavy (non-hydrogen) atoms. The summed E-state index contributed by atoms with van der Waals surface area (Å²) in [6.45, 7) is 2.30. The molecule has 1 saturated heterocycles. The van der Waals surface area contributed by atoms with E-state index in [9.17, 15) is 9.90 Å². The number of carbonyl (C=O) groups excluding carboxylic acids is 1. The lowest BCUT2D eigenvalue weighted by Crippen LogP contribution is -2.54. The molecule has 160 valence electrons. The first-order valence-electron chi connectivity index (χ1n) is 10.8. The zero-order valence-corrected chi connectivity index (χ0v) is 17.5. The average Bonchev–Trinajstić information content (AvgIpc) is 2.81. The standard InChI is InChI=1S/C26H28N2O3/c29-23-13-10-20(11-14-23)18-22-19-27-16-17-28(22)26(30)15-12-21-6-4-5-9-25(21)31-24-7-2-1-3-8-24/h1-11,13-14,22,27,29H,12,15-19H2. The van der Waals surface area contributed by atoms with Crippen LogP contribution in [0.15, 0.2) is 78.9 Å². The summed E-state index contributed by atoms with van der Waals surface area (Å²) in [6.07, 6.45) is 1.85. The largest absolute Gasteiger partial charge is 0.508 e. The van der Waals surface area contributed by atoms with E-state index in [0.29, 0.717) is 19.4 Å².